The van der Waals surface area contributed by atoms with E-state index in [9.17, 15) is 4.79 Å². The largest absolute Gasteiger partial charge is 0.480 e. The molecule has 0 aromatic heterocycles. The van der Waals surface area contributed by atoms with Gasteiger partial charge < -0.3 is 14.8 Å². The first-order valence-corrected chi connectivity index (χ1v) is 8.46. The van der Waals surface area contributed by atoms with E-state index in [1.54, 1.807) is 6.92 Å². The summed E-state index contributed by atoms with van der Waals surface area (Å²) < 4.78 is 11.2. The van der Waals surface area contributed by atoms with Crippen LogP contribution >= 0.6 is 0 Å². The van der Waals surface area contributed by atoms with Gasteiger partial charge in [-0.2, -0.15) is 0 Å². The van der Waals surface area contributed by atoms with Crippen LogP contribution in [0.1, 0.15) is 6.92 Å². The fourth-order valence-corrected chi connectivity index (χ4v) is 2.85. The van der Waals surface area contributed by atoms with Crippen molar-refractivity contribution in [1.82, 2.24) is 10.2 Å². The molecule has 0 radical (unpaired) electrons. The highest BCUT2D eigenvalue weighted by molar-refractivity contribution is 5.89. The van der Waals surface area contributed by atoms with Crippen molar-refractivity contribution < 1.29 is 14.3 Å². The van der Waals surface area contributed by atoms with E-state index in [0.29, 0.717) is 6.54 Å². The molecule has 1 unspecified atom stereocenters. The van der Waals surface area contributed by atoms with Crippen molar-refractivity contribution in [1.29, 1.82) is 0 Å². The van der Waals surface area contributed by atoms with Crippen LogP contribution in [0.3, 0.4) is 0 Å². The molecule has 2 aromatic rings. The Morgan fingerprint density at radius 3 is 2.79 bits per heavy atom. The number of ether oxygens (including phenoxy) is 2. The van der Waals surface area contributed by atoms with E-state index in [1.807, 2.05) is 42.5 Å². The third-order valence-corrected chi connectivity index (χ3v) is 4.25. The summed E-state index contributed by atoms with van der Waals surface area (Å²) in [4.78, 5) is 14.5. The molecule has 1 atom stereocenters. The van der Waals surface area contributed by atoms with Crippen LogP contribution in [0.15, 0.2) is 42.5 Å². The Labute approximate surface area is 142 Å². The van der Waals surface area contributed by atoms with Gasteiger partial charge in [0.25, 0.3) is 5.91 Å². The van der Waals surface area contributed by atoms with Crippen LogP contribution in [0.4, 0.5) is 0 Å². The number of carbonyl (C=O) groups is 1. The summed E-state index contributed by atoms with van der Waals surface area (Å²) in [7, 11) is 0. The second kappa shape index (κ2) is 8.13. The fraction of sp³-hybridized carbons (Fsp3) is 0.421. The molecule has 1 aliphatic rings. The molecule has 0 aliphatic carbocycles. The number of carbonyl (C=O) groups excluding carboxylic acids is 1. The van der Waals surface area contributed by atoms with E-state index in [2.05, 4.69) is 10.2 Å². The van der Waals surface area contributed by atoms with Crippen molar-refractivity contribution in [2.45, 2.75) is 13.0 Å². The predicted octanol–water partition coefficient (Wildman–Crippen LogP) is 2.06. The highest BCUT2D eigenvalue weighted by Gasteiger charge is 2.16. The molecular formula is C19H24N2O3. The summed E-state index contributed by atoms with van der Waals surface area (Å²) >= 11 is 0. The maximum atomic E-state index is 12.2. The molecule has 1 fully saturated rings. The van der Waals surface area contributed by atoms with Gasteiger partial charge in [0.1, 0.15) is 5.75 Å². The molecule has 2 aromatic carbocycles. The SMILES string of the molecule is CC(Oc1cccc2ccccc12)C(=O)NCCN1CCOCC1. The molecule has 1 saturated heterocycles. The molecule has 24 heavy (non-hydrogen) atoms. The van der Waals surface area contributed by atoms with Crippen LogP contribution in [-0.4, -0.2) is 56.3 Å². The Morgan fingerprint density at radius 2 is 1.96 bits per heavy atom. The van der Waals surface area contributed by atoms with Crippen molar-refractivity contribution >= 4 is 16.7 Å². The zero-order chi connectivity index (χ0) is 16.8. The Hall–Kier alpha value is -2.11. The number of nitrogens with zero attached hydrogens (tertiary/aromatic N) is 1. The zero-order valence-electron chi connectivity index (χ0n) is 14.0. The minimum atomic E-state index is -0.527. The van der Waals surface area contributed by atoms with Crippen molar-refractivity contribution in [3.63, 3.8) is 0 Å². The van der Waals surface area contributed by atoms with Crippen molar-refractivity contribution in [3.05, 3.63) is 42.5 Å². The van der Waals surface area contributed by atoms with Crippen LogP contribution in [-0.2, 0) is 9.53 Å². The fourth-order valence-electron chi connectivity index (χ4n) is 2.85. The van der Waals surface area contributed by atoms with Crippen LogP contribution in [0.5, 0.6) is 5.75 Å². The lowest BCUT2D eigenvalue weighted by Crippen LogP contribution is -2.43. The molecular weight excluding hydrogens is 304 g/mol. The summed E-state index contributed by atoms with van der Waals surface area (Å²) in [5.41, 5.74) is 0. The van der Waals surface area contributed by atoms with E-state index in [-0.39, 0.29) is 5.91 Å². The van der Waals surface area contributed by atoms with E-state index >= 15 is 0 Å². The molecule has 1 aliphatic heterocycles. The molecule has 0 spiro atoms. The van der Waals surface area contributed by atoms with E-state index in [4.69, 9.17) is 9.47 Å². The third kappa shape index (κ3) is 4.24. The van der Waals surface area contributed by atoms with E-state index < -0.39 is 6.10 Å². The van der Waals surface area contributed by atoms with Crippen LogP contribution in [0, 0.1) is 0 Å². The third-order valence-electron chi connectivity index (χ3n) is 4.25. The number of nitrogens with one attached hydrogen (secondary N) is 1. The van der Waals surface area contributed by atoms with Gasteiger partial charge in [-0.15, -0.1) is 0 Å². The number of hydrogen-bond donors (Lipinski definition) is 1. The molecule has 1 amide bonds. The minimum absolute atomic E-state index is 0.0869. The maximum absolute atomic E-state index is 12.2. The highest BCUT2D eigenvalue weighted by Crippen LogP contribution is 2.25. The summed E-state index contributed by atoms with van der Waals surface area (Å²) in [6.45, 7) is 6.66. The molecule has 5 heteroatoms. The topological polar surface area (TPSA) is 50.8 Å². The van der Waals surface area contributed by atoms with Gasteiger partial charge in [-0.3, -0.25) is 9.69 Å². The Bertz CT molecular complexity index is 678. The van der Waals surface area contributed by atoms with Crippen LogP contribution in [0.25, 0.3) is 10.8 Å². The van der Waals surface area contributed by atoms with Gasteiger partial charge in [-0.1, -0.05) is 36.4 Å². The first-order chi connectivity index (χ1) is 11.7. The number of morpholine rings is 1. The first kappa shape index (κ1) is 16.7. The van der Waals surface area contributed by atoms with Gasteiger partial charge in [0.15, 0.2) is 6.10 Å². The summed E-state index contributed by atoms with van der Waals surface area (Å²) in [6.07, 6.45) is -0.527. The lowest BCUT2D eigenvalue weighted by molar-refractivity contribution is -0.127. The van der Waals surface area contributed by atoms with Gasteiger partial charge in [-0.05, 0) is 18.4 Å². The lowest BCUT2D eigenvalue weighted by atomic mass is 10.1. The highest BCUT2D eigenvalue weighted by atomic mass is 16.5. The Balaban J connectivity index is 1.51. The van der Waals surface area contributed by atoms with Crippen LogP contribution in [0.2, 0.25) is 0 Å². The lowest BCUT2D eigenvalue weighted by Gasteiger charge is -2.26. The normalized spacial score (nSPS) is 16.7. The molecule has 3 rings (SSSR count). The van der Waals surface area contributed by atoms with Gasteiger partial charge in [0, 0.05) is 31.6 Å². The van der Waals surface area contributed by atoms with Gasteiger partial charge in [0.05, 0.1) is 13.2 Å². The smallest absolute Gasteiger partial charge is 0.260 e. The average Bonchev–Trinajstić information content (AvgIpc) is 2.63. The standard InChI is InChI=1S/C19H24N2O3/c1-15(19(22)20-9-10-21-11-13-23-14-12-21)24-18-8-4-6-16-5-2-3-7-17(16)18/h2-8,15H,9-14H2,1H3,(H,20,22). The second-order valence-electron chi connectivity index (χ2n) is 5.98. The average molecular weight is 328 g/mol. The molecule has 1 N–H and O–H groups in total. The van der Waals surface area contributed by atoms with E-state index in [0.717, 1.165) is 49.4 Å². The molecule has 1 heterocycles. The Morgan fingerprint density at radius 1 is 1.21 bits per heavy atom. The number of benzene rings is 2. The van der Waals surface area contributed by atoms with Gasteiger partial charge >= 0.3 is 0 Å². The molecule has 5 nitrogen and oxygen atoms in total. The van der Waals surface area contributed by atoms with Gasteiger partial charge in [-0.25, -0.2) is 0 Å². The molecule has 0 saturated carbocycles. The second-order valence-corrected chi connectivity index (χ2v) is 5.98. The molecule has 0 bridgehead atoms. The van der Waals surface area contributed by atoms with E-state index in [1.165, 1.54) is 0 Å². The first-order valence-electron chi connectivity index (χ1n) is 8.46. The predicted molar refractivity (Wildman–Crippen MR) is 94.3 cm³/mol. The van der Waals surface area contributed by atoms with Crippen molar-refractivity contribution in [2.24, 2.45) is 0 Å². The molecule has 128 valence electrons. The van der Waals surface area contributed by atoms with Crippen molar-refractivity contribution in [2.75, 3.05) is 39.4 Å². The Kier molecular flexibility index (Phi) is 5.67. The number of fused-ring (bicyclic) bond motifs is 1. The summed E-state index contributed by atoms with van der Waals surface area (Å²) in [5.74, 6) is 0.653. The summed E-state index contributed by atoms with van der Waals surface area (Å²) in [6, 6.07) is 13.9. The van der Waals surface area contributed by atoms with Crippen LogP contribution < -0.4 is 10.1 Å². The monoisotopic (exact) mass is 328 g/mol. The quantitative estimate of drug-likeness (QED) is 0.882. The summed E-state index contributed by atoms with van der Waals surface area (Å²) in [5, 5.41) is 5.08. The minimum Gasteiger partial charge on any atom is -0.480 e. The zero-order valence-corrected chi connectivity index (χ0v) is 14.0. The van der Waals surface area contributed by atoms with Gasteiger partial charge in [0.2, 0.25) is 0 Å². The maximum Gasteiger partial charge on any atom is 0.260 e. The van der Waals surface area contributed by atoms with Crippen molar-refractivity contribution in [3.8, 4) is 5.75 Å². The number of hydrogen-bond acceptors (Lipinski definition) is 4. The number of rotatable bonds is 6. The number of amides is 1.